The predicted octanol–water partition coefficient (Wildman–Crippen LogP) is 1.56. The molecule has 3 fully saturated rings. The number of fused-ring (bicyclic) bond motifs is 5. The van der Waals surface area contributed by atoms with Gasteiger partial charge in [0.1, 0.15) is 4.21 Å². The molecular formula is C13H17NO3S2. The molecule has 0 saturated heterocycles. The third-order valence-corrected chi connectivity index (χ3v) is 8.11. The van der Waals surface area contributed by atoms with Gasteiger partial charge in [-0.25, -0.2) is 13.1 Å². The van der Waals surface area contributed by atoms with E-state index in [9.17, 15) is 8.42 Å². The molecule has 1 aromatic rings. The van der Waals surface area contributed by atoms with Gasteiger partial charge in [0.25, 0.3) is 0 Å². The smallest absolute Gasteiger partial charge is 0.250 e. The van der Waals surface area contributed by atoms with Crippen LogP contribution in [0.1, 0.15) is 24.1 Å². The van der Waals surface area contributed by atoms with Gasteiger partial charge in [-0.3, -0.25) is 0 Å². The molecule has 3 aliphatic rings. The van der Waals surface area contributed by atoms with Gasteiger partial charge in [-0.1, -0.05) is 0 Å². The fourth-order valence-electron chi connectivity index (χ4n) is 4.31. The highest BCUT2D eigenvalue weighted by Crippen LogP contribution is 2.65. The largest absolute Gasteiger partial charge is 0.391 e. The van der Waals surface area contributed by atoms with Crippen LogP contribution in [0.5, 0.6) is 0 Å². The lowest BCUT2D eigenvalue weighted by molar-refractivity contribution is 0.285. The molecule has 3 aliphatic carbocycles. The van der Waals surface area contributed by atoms with E-state index < -0.39 is 10.0 Å². The van der Waals surface area contributed by atoms with Gasteiger partial charge in [-0.2, -0.15) is 0 Å². The van der Waals surface area contributed by atoms with E-state index in [1.54, 1.807) is 12.1 Å². The monoisotopic (exact) mass is 299 g/mol. The molecule has 19 heavy (non-hydrogen) atoms. The molecule has 2 bridgehead atoms. The number of sulfonamides is 1. The number of aliphatic hydroxyl groups is 1. The Morgan fingerprint density at radius 2 is 1.95 bits per heavy atom. The van der Waals surface area contributed by atoms with Crippen molar-refractivity contribution in [2.45, 2.75) is 36.1 Å². The van der Waals surface area contributed by atoms with Crippen molar-refractivity contribution < 1.29 is 13.5 Å². The van der Waals surface area contributed by atoms with Crippen LogP contribution in [0.25, 0.3) is 0 Å². The normalized spacial score (nSPS) is 39.5. The van der Waals surface area contributed by atoms with Crippen molar-refractivity contribution in [1.82, 2.24) is 4.72 Å². The Bertz CT molecular complexity index is 593. The van der Waals surface area contributed by atoms with Crippen LogP contribution in [0.4, 0.5) is 0 Å². The number of hydrogen-bond donors (Lipinski definition) is 2. The van der Waals surface area contributed by atoms with E-state index in [1.165, 1.54) is 19.3 Å². The Hall–Kier alpha value is -0.430. The second-order valence-corrected chi connectivity index (χ2v) is 9.12. The molecule has 0 aliphatic heterocycles. The van der Waals surface area contributed by atoms with E-state index in [0.29, 0.717) is 20.9 Å². The summed E-state index contributed by atoms with van der Waals surface area (Å²) in [5, 5.41) is 9.02. The van der Waals surface area contributed by atoms with Crippen molar-refractivity contribution in [3.63, 3.8) is 0 Å². The van der Waals surface area contributed by atoms with Gasteiger partial charge in [-0.05, 0) is 55.1 Å². The molecule has 6 heteroatoms. The third kappa shape index (κ3) is 1.81. The highest BCUT2D eigenvalue weighted by molar-refractivity contribution is 7.91. The Balaban J connectivity index is 1.51. The summed E-state index contributed by atoms with van der Waals surface area (Å²) in [5.41, 5.74) is 0. The summed E-state index contributed by atoms with van der Waals surface area (Å²) in [6, 6.07) is 3.44. The van der Waals surface area contributed by atoms with E-state index in [4.69, 9.17) is 5.11 Å². The zero-order valence-electron chi connectivity index (χ0n) is 10.5. The minimum atomic E-state index is -3.39. The Morgan fingerprint density at radius 3 is 2.53 bits per heavy atom. The zero-order valence-corrected chi connectivity index (χ0v) is 12.1. The van der Waals surface area contributed by atoms with Crippen molar-refractivity contribution in [3.8, 4) is 0 Å². The molecule has 104 valence electrons. The summed E-state index contributed by atoms with van der Waals surface area (Å²) in [4.78, 5) is 0.691. The molecule has 0 spiro atoms. The minimum absolute atomic E-state index is 0.0982. The SMILES string of the molecule is O=S(=O)(NC1C2C3CCC(C3)C12)c1ccc(CO)s1. The molecule has 1 aromatic heterocycles. The number of thiophene rings is 1. The van der Waals surface area contributed by atoms with Crippen LogP contribution in [-0.2, 0) is 16.6 Å². The fourth-order valence-corrected chi connectivity index (χ4v) is 6.84. The summed E-state index contributed by atoms with van der Waals surface area (Å²) in [6.45, 7) is -0.0982. The van der Waals surface area contributed by atoms with Crippen molar-refractivity contribution in [2.75, 3.05) is 0 Å². The Labute approximate surface area is 116 Å². The molecule has 4 atom stereocenters. The van der Waals surface area contributed by atoms with Crippen LogP contribution in [-0.4, -0.2) is 19.6 Å². The number of rotatable bonds is 4. The van der Waals surface area contributed by atoms with E-state index in [2.05, 4.69) is 4.72 Å². The average Bonchev–Trinajstić information content (AvgIpc) is 2.88. The molecular weight excluding hydrogens is 282 g/mol. The molecule has 4 unspecified atom stereocenters. The van der Waals surface area contributed by atoms with Crippen molar-refractivity contribution >= 4 is 21.4 Å². The minimum Gasteiger partial charge on any atom is -0.391 e. The van der Waals surface area contributed by atoms with Crippen LogP contribution >= 0.6 is 11.3 Å². The van der Waals surface area contributed by atoms with Crippen LogP contribution in [0.15, 0.2) is 16.3 Å². The maximum Gasteiger partial charge on any atom is 0.250 e. The topological polar surface area (TPSA) is 66.4 Å². The van der Waals surface area contributed by atoms with E-state index in [-0.39, 0.29) is 12.6 Å². The lowest BCUT2D eigenvalue weighted by Gasteiger charge is -2.10. The van der Waals surface area contributed by atoms with Crippen LogP contribution in [0.2, 0.25) is 0 Å². The molecule has 2 N–H and O–H groups in total. The lowest BCUT2D eigenvalue weighted by atomic mass is 10.0. The standard InChI is InChI=1S/C13H17NO3S2/c15-6-9-3-4-10(18-9)19(16,17)14-13-11-7-1-2-8(5-7)12(11)13/h3-4,7-8,11-15H,1-2,5-6H2. The van der Waals surface area contributed by atoms with Crippen molar-refractivity contribution in [2.24, 2.45) is 23.7 Å². The van der Waals surface area contributed by atoms with Crippen molar-refractivity contribution in [1.29, 1.82) is 0 Å². The molecule has 3 saturated carbocycles. The summed E-state index contributed by atoms with van der Waals surface area (Å²) >= 11 is 1.15. The predicted molar refractivity (Wildman–Crippen MR) is 72.2 cm³/mol. The van der Waals surface area contributed by atoms with Gasteiger partial charge in [0.05, 0.1) is 6.61 Å². The van der Waals surface area contributed by atoms with Crippen LogP contribution in [0.3, 0.4) is 0 Å². The molecule has 4 nitrogen and oxygen atoms in total. The number of hydrogen-bond acceptors (Lipinski definition) is 4. The number of aliphatic hydroxyl groups excluding tert-OH is 1. The van der Waals surface area contributed by atoms with E-state index in [0.717, 1.165) is 23.2 Å². The second-order valence-electron chi connectivity index (χ2n) is 6.01. The van der Waals surface area contributed by atoms with Gasteiger partial charge < -0.3 is 5.11 Å². The van der Waals surface area contributed by atoms with Gasteiger partial charge in [-0.15, -0.1) is 11.3 Å². The lowest BCUT2D eigenvalue weighted by Crippen LogP contribution is -2.29. The van der Waals surface area contributed by atoms with Gasteiger partial charge >= 0.3 is 0 Å². The van der Waals surface area contributed by atoms with E-state index >= 15 is 0 Å². The Morgan fingerprint density at radius 1 is 1.26 bits per heavy atom. The quantitative estimate of drug-likeness (QED) is 0.887. The first-order valence-corrected chi connectivity index (χ1v) is 9.12. The molecule has 0 radical (unpaired) electrons. The summed E-state index contributed by atoms with van der Waals surface area (Å²) < 4.78 is 27.8. The van der Waals surface area contributed by atoms with Crippen molar-refractivity contribution in [3.05, 3.63) is 17.0 Å². The molecule has 4 rings (SSSR count). The first kappa shape index (κ1) is 12.3. The summed E-state index contributed by atoms with van der Waals surface area (Å²) in [7, 11) is -3.39. The van der Waals surface area contributed by atoms with Gasteiger partial charge in [0.2, 0.25) is 10.0 Å². The molecule has 0 amide bonds. The molecule has 1 heterocycles. The average molecular weight is 299 g/mol. The summed E-state index contributed by atoms with van der Waals surface area (Å²) in [6.07, 6.45) is 3.90. The third-order valence-electron chi connectivity index (χ3n) is 5.08. The fraction of sp³-hybridized carbons (Fsp3) is 0.692. The first-order valence-electron chi connectivity index (χ1n) is 6.82. The maximum absolute atomic E-state index is 12.3. The van der Waals surface area contributed by atoms with E-state index in [1.807, 2.05) is 0 Å². The Kier molecular flexibility index (Phi) is 2.62. The van der Waals surface area contributed by atoms with Gasteiger partial charge in [0, 0.05) is 10.9 Å². The second kappa shape index (κ2) is 4.04. The highest BCUT2D eigenvalue weighted by Gasteiger charge is 2.65. The number of nitrogens with one attached hydrogen (secondary N) is 1. The molecule has 0 aromatic carbocycles. The van der Waals surface area contributed by atoms with Gasteiger partial charge in [0.15, 0.2) is 0 Å². The highest BCUT2D eigenvalue weighted by atomic mass is 32.2. The van der Waals surface area contributed by atoms with Crippen LogP contribution < -0.4 is 4.72 Å². The first-order chi connectivity index (χ1) is 9.10. The zero-order chi connectivity index (χ0) is 13.2. The maximum atomic E-state index is 12.3. The summed E-state index contributed by atoms with van der Waals surface area (Å²) in [5.74, 6) is 2.73. The van der Waals surface area contributed by atoms with Crippen LogP contribution in [0, 0.1) is 23.7 Å².